The van der Waals surface area contributed by atoms with Gasteiger partial charge in [0.05, 0.1) is 24.8 Å². The molecule has 0 radical (unpaired) electrons. The molecular weight excluding hydrogens is 381 g/mol. The molecule has 3 aromatic rings. The van der Waals surface area contributed by atoms with E-state index in [0.29, 0.717) is 42.8 Å². The van der Waals surface area contributed by atoms with Gasteiger partial charge in [0.15, 0.2) is 6.29 Å². The molecule has 0 bridgehead atoms. The first-order valence-corrected chi connectivity index (χ1v) is 10.2. The predicted octanol–water partition coefficient (Wildman–Crippen LogP) is 5.09. The first-order chi connectivity index (χ1) is 14.7. The van der Waals surface area contributed by atoms with E-state index < -0.39 is 6.29 Å². The predicted molar refractivity (Wildman–Crippen MR) is 113 cm³/mol. The Morgan fingerprint density at radius 1 is 1.03 bits per heavy atom. The number of rotatable bonds is 6. The maximum atomic E-state index is 15.1. The van der Waals surface area contributed by atoms with Crippen molar-refractivity contribution in [2.75, 3.05) is 19.8 Å². The first-order valence-electron chi connectivity index (χ1n) is 10.2. The number of halogens is 1. The van der Waals surface area contributed by atoms with Crippen molar-refractivity contribution in [3.8, 4) is 6.07 Å². The van der Waals surface area contributed by atoms with Crippen molar-refractivity contribution in [1.82, 2.24) is 0 Å². The molecule has 0 atom stereocenters. The molecule has 3 aromatic carbocycles. The maximum Gasteiger partial charge on any atom is 0.184 e. The fraction of sp³-hybridized carbons (Fsp3) is 0.320. The zero-order valence-electron chi connectivity index (χ0n) is 16.9. The summed E-state index contributed by atoms with van der Waals surface area (Å²) in [6, 6.07) is 18.9. The van der Waals surface area contributed by atoms with Crippen LogP contribution in [-0.2, 0) is 27.1 Å². The molecule has 4 nitrogen and oxygen atoms in total. The Morgan fingerprint density at radius 3 is 2.50 bits per heavy atom. The highest BCUT2D eigenvalue weighted by atomic mass is 19.1. The monoisotopic (exact) mass is 405 g/mol. The van der Waals surface area contributed by atoms with Crippen LogP contribution in [-0.4, -0.2) is 25.9 Å². The summed E-state index contributed by atoms with van der Waals surface area (Å²) < 4.78 is 32.1. The molecule has 0 aliphatic carbocycles. The molecule has 30 heavy (non-hydrogen) atoms. The van der Waals surface area contributed by atoms with Crippen molar-refractivity contribution in [3.63, 3.8) is 0 Å². The van der Waals surface area contributed by atoms with Crippen molar-refractivity contribution in [1.29, 1.82) is 5.26 Å². The van der Waals surface area contributed by atoms with Crippen LogP contribution in [0.1, 0.15) is 35.5 Å². The lowest BCUT2D eigenvalue weighted by Crippen LogP contribution is -2.33. The van der Waals surface area contributed by atoms with Gasteiger partial charge in [-0.25, -0.2) is 4.39 Å². The summed E-state index contributed by atoms with van der Waals surface area (Å²) in [7, 11) is 0. The van der Waals surface area contributed by atoms with Crippen LogP contribution < -0.4 is 0 Å². The summed E-state index contributed by atoms with van der Waals surface area (Å²) in [5, 5.41) is 10.3. The van der Waals surface area contributed by atoms with Crippen LogP contribution in [0.5, 0.6) is 0 Å². The van der Waals surface area contributed by atoms with Gasteiger partial charge in [-0.3, -0.25) is 0 Å². The highest BCUT2D eigenvalue weighted by Crippen LogP contribution is 2.29. The van der Waals surface area contributed by atoms with Crippen molar-refractivity contribution in [2.45, 2.75) is 32.2 Å². The van der Waals surface area contributed by atoms with E-state index in [0.717, 1.165) is 22.9 Å². The van der Waals surface area contributed by atoms with Crippen LogP contribution in [0.3, 0.4) is 0 Å². The highest BCUT2D eigenvalue weighted by Gasteiger charge is 2.24. The summed E-state index contributed by atoms with van der Waals surface area (Å²) in [5.74, 6) is -0.186. The van der Waals surface area contributed by atoms with E-state index in [9.17, 15) is 0 Å². The lowest BCUT2D eigenvalue weighted by atomic mass is 9.98. The van der Waals surface area contributed by atoms with Crippen LogP contribution in [0.4, 0.5) is 4.39 Å². The van der Waals surface area contributed by atoms with Gasteiger partial charge in [0.25, 0.3) is 0 Å². The van der Waals surface area contributed by atoms with Crippen molar-refractivity contribution >= 4 is 10.8 Å². The number of hydrogen-bond acceptors (Lipinski definition) is 4. The standard InChI is InChI=1S/C25H24FNO3/c1-2-28-22-15-29-25(30-16-22)21-11-12-23-20(13-21)10-9-19(24(23)26)8-7-17-3-5-18(14-27)6-4-17/h3-6,9-13,22,25H,2,7-8,15-16H2,1H3. The molecule has 5 heteroatoms. The van der Waals surface area contributed by atoms with Crippen LogP contribution in [0.2, 0.25) is 0 Å². The molecule has 1 aliphatic rings. The lowest BCUT2D eigenvalue weighted by molar-refractivity contribution is -0.229. The third-order valence-electron chi connectivity index (χ3n) is 5.37. The van der Waals surface area contributed by atoms with Crippen molar-refractivity contribution < 1.29 is 18.6 Å². The number of aryl methyl sites for hydroxylation is 2. The number of ether oxygens (including phenoxy) is 3. The van der Waals surface area contributed by atoms with Crippen LogP contribution in [0.25, 0.3) is 10.8 Å². The molecule has 0 unspecified atom stereocenters. The number of benzene rings is 3. The van der Waals surface area contributed by atoms with Crippen molar-refractivity contribution in [3.05, 3.63) is 82.7 Å². The Balaban J connectivity index is 1.46. The molecule has 0 saturated carbocycles. The van der Waals surface area contributed by atoms with E-state index in [1.54, 1.807) is 18.2 Å². The molecule has 1 saturated heterocycles. The third kappa shape index (κ3) is 4.52. The molecule has 154 valence electrons. The first kappa shape index (κ1) is 20.5. The van der Waals surface area contributed by atoms with Gasteiger partial charge in [0.1, 0.15) is 11.9 Å². The Morgan fingerprint density at radius 2 is 1.80 bits per heavy atom. The highest BCUT2D eigenvalue weighted by molar-refractivity contribution is 5.84. The van der Waals surface area contributed by atoms with Gasteiger partial charge in [0, 0.05) is 17.6 Å². The van der Waals surface area contributed by atoms with Crippen molar-refractivity contribution in [2.24, 2.45) is 0 Å². The van der Waals surface area contributed by atoms with Gasteiger partial charge < -0.3 is 14.2 Å². The zero-order chi connectivity index (χ0) is 20.9. The van der Waals surface area contributed by atoms with Gasteiger partial charge in [-0.1, -0.05) is 36.4 Å². The second kappa shape index (κ2) is 9.36. The van der Waals surface area contributed by atoms with E-state index in [1.807, 2.05) is 43.3 Å². The van der Waals surface area contributed by atoms with Crippen LogP contribution >= 0.6 is 0 Å². The Hall–Kier alpha value is -2.78. The molecule has 1 fully saturated rings. The number of hydrogen-bond donors (Lipinski definition) is 0. The van der Waals surface area contributed by atoms with Gasteiger partial charge in [-0.2, -0.15) is 5.26 Å². The largest absolute Gasteiger partial charge is 0.374 e. The quantitative estimate of drug-likeness (QED) is 0.573. The Kier molecular flexibility index (Phi) is 6.39. The lowest BCUT2D eigenvalue weighted by Gasteiger charge is -2.29. The van der Waals surface area contributed by atoms with E-state index in [-0.39, 0.29) is 11.9 Å². The molecule has 4 rings (SSSR count). The summed E-state index contributed by atoms with van der Waals surface area (Å²) in [4.78, 5) is 0. The molecule has 1 aliphatic heterocycles. The number of nitrogens with zero attached hydrogens (tertiary/aromatic N) is 1. The van der Waals surface area contributed by atoms with Crippen LogP contribution in [0, 0.1) is 17.1 Å². The molecule has 0 N–H and O–H groups in total. The SMILES string of the molecule is CCOC1COC(c2ccc3c(F)c(CCc4ccc(C#N)cc4)ccc3c2)OC1. The minimum absolute atomic E-state index is 0.0391. The summed E-state index contributed by atoms with van der Waals surface area (Å²) in [5.41, 5.74) is 3.28. The van der Waals surface area contributed by atoms with Gasteiger partial charge >= 0.3 is 0 Å². The van der Waals surface area contributed by atoms with Gasteiger partial charge in [-0.05, 0) is 54.5 Å². The Bertz CT molecular complexity index is 1050. The van der Waals surface area contributed by atoms with Crippen LogP contribution in [0.15, 0.2) is 54.6 Å². The molecule has 0 spiro atoms. The van der Waals surface area contributed by atoms with E-state index >= 15 is 4.39 Å². The van der Waals surface area contributed by atoms with E-state index in [2.05, 4.69) is 6.07 Å². The fourth-order valence-corrected chi connectivity index (χ4v) is 3.73. The molecule has 0 aromatic heterocycles. The second-order valence-corrected chi connectivity index (χ2v) is 7.40. The Labute approximate surface area is 175 Å². The normalized spacial score (nSPS) is 19.0. The smallest absolute Gasteiger partial charge is 0.184 e. The third-order valence-corrected chi connectivity index (χ3v) is 5.37. The number of nitriles is 1. The molecule has 0 amide bonds. The summed E-state index contributed by atoms with van der Waals surface area (Å²) in [6.07, 6.45) is 0.827. The minimum Gasteiger partial charge on any atom is -0.374 e. The minimum atomic E-state index is -0.453. The topological polar surface area (TPSA) is 51.5 Å². The fourth-order valence-electron chi connectivity index (χ4n) is 3.73. The van der Waals surface area contributed by atoms with Gasteiger partial charge in [-0.15, -0.1) is 0 Å². The van der Waals surface area contributed by atoms with Gasteiger partial charge in [0.2, 0.25) is 0 Å². The number of fused-ring (bicyclic) bond motifs is 1. The maximum absolute atomic E-state index is 15.1. The molecule has 1 heterocycles. The summed E-state index contributed by atoms with van der Waals surface area (Å²) >= 11 is 0. The zero-order valence-corrected chi connectivity index (χ0v) is 16.9. The summed E-state index contributed by atoms with van der Waals surface area (Å²) in [6.45, 7) is 3.55. The second-order valence-electron chi connectivity index (χ2n) is 7.40. The van der Waals surface area contributed by atoms with E-state index in [4.69, 9.17) is 19.5 Å². The average Bonchev–Trinajstić information content (AvgIpc) is 2.79. The van der Waals surface area contributed by atoms with E-state index in [1.165, 1.54) is 0 Å². The average molecular weight is 405 g/mol. The molecular formula is C25H24FNO3.